The van der Waals surface area contributed by atoms with Crippen LogP contribution in [0.4, 0.5) is 5.95 Å². The fourth-order valence-corrected chi connectivity index (χ4v) is 2.85. The van der Waals surface area contributed by atoms with Gasteiger partial charge in [-0.3, -0.25) is 4.79 Å². The Balaban J connectivity index is 1.80. The molecule has 0 aliphatic carbocycles. The number of hydrogen-bond acceptors (Lipinski definition) is 5. The minimum absolute atomic E-state index is 0.167. The lowest BCUT2D eigenvalue weighted by atomic mass is 10.0. The predicted molar refractivity (Wildman–Crippen MR) is 102 cm³/mol. The van der Waals surface area contributed by atoms with Crippen LogP contribution in [0.1, 0.15) is 21.6 Å². The van der Waals surface area contributed by atoms with Gasteiger partial charge in [0, 0.05) is 43.8 Å². The van der Waals surface area contributed by atoms with Crippen LogP contribution in [0, 0.1) is 6.92 Å². The molecule has 0 saturated heterocycles. The monoisotopic (exact) mass is 367 g/mol. The Morgan fingerprint density at radius 1 is 1.30 bits per heavy atom. The van der Waals surface area contributed by atoms with Gasteiger partial charge in [-0.05, 0) is 18.6 Å². The molecule has 0 fully saturated rings. The van der Waals surface area contributed by atoms with Crippen LogP contribution in [0.5, 0.6) is 0 Å². The second kappa shape index (κ2) is 7.45. The number of aromatic nitrogens is 3. The molecule has 8 heteroatoms. The van der Waals surface area contributed by atoms with Crippen molar-refractivity contribution in [2.45, 2.75) is 19.4 Å². The first-order valence-electron chi connectivity index (χ1n) is 8.46. The minimum Gasteiger partial charge on any atom is -0.480 e. The second-order valence-electron chi connectivity index (χ2n) is 6.49. The average Bonchev–Trinajstić information content (AvgIpc) is 3.03. The molecule has 3 N–H and O–H groups in total. The van der Waals surface area contributed by atoms with E-state index in [-0.39, 0.29) is 12.0 Å². The fourth-order valence-electron chi connectivity index (χ4n) is 2.85. The number of aromatic amines is 1. The Labute approximate surface area is 156 Å². The van der Waals surface area contributed by atoms with Gasteiger partial charge in [-0.15, -0.1) is 0 Å². The van der Waals surface area contributed by atoms with Crippen molar-refractivity contribution < 1.29 is 14.7 Å². The molecular weight excluding hydrogens is 346 g/mol. The Bertz CT molecular complexity index is 996. The number of nitrogens with one attached hydrogen (secondary N) is 2. The molecule has 3 rings (SSSR count). The van der Waals surface area contributed by atoms with E-state index < -0.39 is 17.9 Å². The summed E-state index contributed by atoms with van der Waals surface area (Å²) >= 11 is 0. The maximum absolute atomic E-state index is 12.6. The third-order valence-corrected chi connectivity index (χ3v) is 4.31. The Hall–Kier alpha value is -3.42. The number of anilines is 1. The normalized spacial score (nSPS) is 12.0. The maximum Gasteiger partial charge on any atom is 0.326 e. The molecule has 8 nitrogen and oxygen atoms in total. The van der Waals surface area contributed by atoms with Gasteiger partial charge in [0.1, 0.15) is 6.04 Å². The number of carboxylic acid groups (broad SMARTS) is 1. The fraction of sp³-hybridized carbons (Fsp3) is 0.263. The number of aliphatic carboxylic acids is 1. The van der Waals surface area contributed by atoms with Crippen LogP contribution in [0.3, 0.4) is 0 Å². The van der Waals surface area contributed by atoms with Crippen molar-refractivity contribution in [3.8, 4) is 0 Å². The van der Waals surface area contributed by atoms with Crippen molar-refractivity contribution in [2.75, 3.05) is 19.0 Å². The zero-order valence-corrected chi connectivity index (χ0v) is 15.4. The van der Waals surface area contributed by atoms with Crippen LogP contribution >= 0.6 is 0 Å². The van der Waals surface area contributed by atoms with E-state index in [0.717, 1.165) is 16.5 Å². The van der Waals surface area contributed by atoms with Crippen LogP contribution in [0.25, 0.3) is 10.9 Å². The Kier molecular flexibility index (Phi) is 5.07. The van der Waals surface area contributed by atoms with Crippen LogP contribution in [-0.2, 0) is 11.2 Å². The molecule has 0 aliphatic heterocycles. The van der Waals surface area contributed by atoms with Crippen molar-refractivity contribution in [1.82, 2.24) is 20.3 Å². The lowest BCUT2D eigenvalue weighted by Gasteiger charge is -2.16. The highest BCUT2D eigenvalue weighted by Crippen LogP contribution is 2.19. The Morgan fingerprint density at radius 3 is 2.70 bits per heavy atom. The highest BCUT2D eigenvalue weighted by molar-refractivity contribution is 5.97. The summed E-state index contributed by atoms with van der Waals surface area (Å²) in [5.74, 6) is -1.13. The van der Waals surface area contributed by atoms with E-state index in [4.69, 9.17) is 0 Å². The number of fused-ring (bicyclic) bond motifs is 1. The molecule has 3 aromatic rings. The molecule has 0 bridgehead atoms. The molecule has 0 unspecified atom stereocenters. The van der Waals surface area contributed by atoms with Crippen molar-refractivity contribution in [3.63, 3.8) is 0 Å². The molecule has 1 amide bonds. The smallest absolute Gasteiger partial charge is 0.326 e. The average molecular weight is 367 g/mol. The van der Waals surface area contributed by atoms with Gasteiger partial charge >= 0.3 is 5.97 Å². The van der Waals surface area contributed by atoms with E-state index >= 15 is 0 Å². The number of para-hydroxylation sites is 1. The van der Waals surface area contributed by atoms with Crippen molar-refractivity contribution in [2.24, 2.45) is 0 Å². The molecular formula is C19H21N5O3. The SMILES string of the molecule is Cc1nc(N(C)C)ncc1C(=O)N[C@@H](Cc1c[nH]c2ccccc12)C(=O)O. The van der Waals surface area contributed by atoms with Crippen molar-refractivity contribution in [3.05, 3.63) is 53.5 Å². The molecule has 1 atom stereocenters. The highest BCUT2D eigenvalue weighted by Gasteiger charge is 2.24. The molecule has 2 aromatic heterocycles. The largest absolute Gasteiger partial charge is 0.480 e. The van der Waals surface area contributed by atoms with E-state index in [0.29, 0.717) is 11.6 Å². The molecule has 0 radical (unpaired) electrons. The third kappa shape index (κ3) is 3.89. The summed E-state index contributed by atoms with van der Waals surface area (Å²) in [6.07, 6.45) is 3.35. The van der Waals surface area contributed by atoms with E-state index in [1.807, 2.05) is 24.3 Å². The zero-order valence-electron chi connectivity index (χ0n) is 15.4. The number of nitrogens with zero attached hydrogens (tertiary/aromatic N) is 3. The molecule has 0 saturated carbocycles. The van der Waals surface area contributed by atoms with Gasteiger partial charge in [-0.1, -0.05) is 18.2 Å². The van der Waals surface area contributed by atoms with Crippen LogP contribution in [0.15, 0.2) is 36.7 Å². The minimum atomic E-state index is -1.10. The van der Waals surface area contributed by atoms with Crippen molar-refractivity contribution in [1.29, 1.82) is 0 Å². The number of hydrogen-bond donors (Lipinski definition) is 3. The summed E-state index contributed by atoms with van der Waals surface area (Å²) < 4.78 is 0. The standard InChI is InChI=1S/C19H21N5O3/c1-11-14(10-21-19(22-11)24(2)3)17(25)23-16(18(26)27)8-12-9-20-15-7-5-4-6-13(12)15/h4-7,9-10,16,20H,8H2,1-3H3,(H,23,25)(H,26,27)/t16-/m0/s1. The van der Waals surface area contributed by atoms with Gasteiger partial charge in [-0.25, -0.2) is 14.8 Å². The van der Waals surface area contributed by atoms with Crippen LogP contribution in [-0.4, -0.2) is 52.1 Å². The molecule has 27 heavy (non-hydrogen) atoms. The highest BCUT2D eigenvalue weighted by atomic mass is 16.4. The summed E-state index contributed by atoms with van der Waals surface area (Å²) in [6.45, 7) is 1.69. The number of amides is 1. The second-order valence-corrected chi connectivity index (χ2v) is 6.49. The first-order chi connectivity index (χ1) is 12.9. The lowest BCUT2D eigenvalue weighted by Crippen LogP contribution is -2.42. The van der Waals surface area contributed by atoms with Gasteiger partial charge in [0.2, 0.25) is 5.95 Å². The summed E-state index contributed by atoms with van der Waals surface area (Å²) in [5, 5.41) is 13.1. The molecule has 0 aliphatic rings. The summed E-state index contributed by atoms with van der Waals surface area (Å²) in [7, 11) is 3.60. The van der Waals surface area contributed by atoms with Gasteiger partial charge in [-0.2, -0.15) is 0 Å². The number of carbonyl (C=O) groups is 2. The van der Waals surface area contributed by atoms with Crippen molar-refractivity contribution >= 4 is 28.7 Å². The van der Waals surface area contributed by atoms with Gasteiger partial charge < -0.3 is 20.3 Å². The van der Waals surface area contributed by atoms with E-state index in [9.17, 15) is 14.7 Å². The van der Waals surface area contributed by atoms with Gasteiger partial charge in [0.25, 0.3) is 5.91 Å². The van der Waals surface area contributed by atoms with E-state index in [2.05, 4.69) is 20.3 Å². The number of aryl methyl sites for hydroxylation is 1. The van der Waals surface area contributed by atoms with Gasteiger partial charge in [0.15, 0.2) is 0 Å². The molecule has 0 spiro atoms. The lowest BCUT2D eigenvalue weighted by molar-refractivity contribution is -0.139. The number of carboxylic acids is 1. The predicted octanol–water partition coefficient (Wildman–Crippen LogP) is 1.76. The molecule has 2 heterocycles. The summed E-state index contributed by atoms with van der Waals surface area (Å²) in [6, 6.07) is 6.56. The molecule has 1 aromatic carbocycles. The third-order valence-electron chi connectivity index (χ3n) is 4.31. The van der Waals surface area contributed by atoms with Crippen LogP contribution in [0.2, 0.25) is 0 Å². The first kappa shape index (κ1) is 18.4. The quantitative estimate of drug-likeness (QED) is 0.612. The zero-order chi connectivity index (χ0) is 19.6. The number of H-pyrrole nitrogens is 1. The summed E-state index contributed by atoms with van der Waals surface area (Å²) in [5.41, 5.74) is 2.49. The topological polar surface area (TPSA) is 111 Å². The molecule has 140 valence electrons. The van der Waals surface area contributed by atoms with Gasteiger partial charge in [0.05, 0.1) is 11.3 Å². The summed E-state index contributed by atoms with van der Waals surface area (Å²) in [4.78, 5) is 37.5. The number of rotatable bonds is 6. The first-order valence-corrected chi connectivity index (χ1v) is 8.46. The Morgan fingerprint density at radius 2 is 2.04 bits per heavy atom. The van der Waals surface area contributed by atoms with E-state index in [1.165, 1.54) is 6.20 Å². The maximum atomic E-state index is 12.6. The van der Waals surface area contributed by atoms with E-state index in [1.54, 1.807) is 32.1 Å². The number of benzene rings is 1. The van der Waals surface area contributed by atoms with Crippen LogP contribution < -0.4 is 10.2 Å². The number of carbonyl (C=O) groups excluding carboxylic acids is 1.